The maximum absolute atomic E-state index is 13.1. The topological polar surface area (TPSA) is 66.5 Å². The van der Waals surface area contributed by atoms with Crippen molar-refractivity contribution in [1.82, 2.24) is 0 Å². The molecule has 0 radical (unpaired) electrons. The van der Waals surface area contributed by atoms with Gasteiger partial charge in [-0.05, 0) is 42.8 Å². The fraction of sp³-hybridized carbons (Fsp3) is 0.188. The number of hydrogen-bond acceptors (Lipinski definition) is 3. The first kappa shape index (κ1) is 17.0. The minimum atomic E-state index is -3.63. The van der Waals surface area contributed by atoms with Crippen molar-refractivity contribution in [2.45, 2.75) is 6.92 Å². The molecule has 1 N–H and O–H groups in total. The lowest BCUT2D eigenvalue weighted by molar-refractivity contribution is -0.114. The molecule has 0 aliphatic heterocycles. The van der Waals surface area contributed by atoms with Gasteiger partial charge in [0.15, 0.2) is 0 Å². The summed E-state index contributed by atoms with van der Waals surface area (Å²) in [5.74, 6) is -1.04. The van der Waals surface area contributed by atoms with Crippen molar-refractivity contribution in [2.75, 3.05) is 22.4 Å². The van der Waals surface area contributed by atoms with Crippen LogP contribution in [-0.4, -0.2) is 27.1 Å². The number of carbonyl (C=O) groups is 1. The Bertz CT molecular complexity index is 822. The molecule has 2 aromatic carbocycles. The number of amides is 1. The predicted octanol–water partition coefficient (Wildman–Crippen LogP) is 2.54. The van der Waals surface area contributed by atoms with Gasteiger partial charge in [0.25, 0.3) is 0 Å². The fourth-order valence-corrected chi connectivity index (χ4v) is 2.93. The molecule has 0 saturated carbocycles. The van der Waals surface area contributed by atoms with Gasteiger partial charge >= 0.3 is 0 Å². The second kappa shape index (κ2) is 6.78. The van der Waals surface area contributed by atoms with E-state index in [-0.39, 0.29) is 5.69 Å². The van der Waals surface area contributed by atoms with Crippen molar-refractivity contribution in [2.24, 2.45) is 0 Å². The largest absolute Gasteiger partial charge is 0.324 e. The van der Waals surface area contributed by atoms with Gasteiger partial charge < -0.3 is 5.32 Å². The molecule has 23 heavy (non-hydrogen) atoms. The Kier molecular flexibility index (Phi) is 5.00. The summed E-state index contributed by atoms with van der Waals surface area (Å²) < 4.78 is 38.1. The number of aryl methyl sites for hydroxylation is 1. The second-order valence-electron chi connectivity index (χ2n) is 5.17. The van der Waals surface area contributed by atoms with Crippen LogP contribution in [0.3, 0.4) is 0 Å². The summed E-state index contributed by atoms with van der Waals surface area (Å²) >= 11 is 0. The highest BCUT2D eigenvalue weighted by atomic mass is 32.2. The average Bonchev–Trinajstić information content (AvgIpc) is 2.43. The minimum absolute atomic E-state index is 0.271. The van der Waals surface area contributed by atoms with Gasteiger partial charge in [0, 0.05) is 5.69 Å². The Morgan fingerprint density at radius 3 is 2.48 bits per heavy atom. The quantitative estimate of drug-likeness (QED) is 0.912. The third-order valence-electron chi connectivity index (χ3n) is 3.09. The van der Waals surface area contributed by atoms with Crippen molar-refractivity contribution >= 4 is 27.3 Å². The third kappa shape index (κ3) is 4.79. The van der Waals surface area contributed by atoms with E-state index in [0.717, 1.165) is 22.2 Å². The van der Waals surface area contributed by atoms with Crippen LogP contribution in [0.2, 0.25) is 0 Å². The fourth-order valence-electron chi connectivity index (χ4n) is 2.08. The van der Waals surface area contributed by atoms with Crippen LogP contribution in [0.25, 0.3) is 0 Å². The summed E-state index contributed by atoms with van der Waals surface area (Å²) in [6.45, 7) is 1.44. The summed E-state index contributed by atoms with van der Waals surface area (Å²) in [6.07, 6.45) is 1.03. The molecule has 122 valence electrons. The summed E-state index contributed by atoms with van der Waals surface area (Å²) in [4.78, 5) is 12.1. The zero-order valence-corrected chi connectivity index (χ0v) is 13.6. The molecule has 0 saturated heterocycles. The molecular formula is C16H17FN2O3S. The molecule has 7 heteroatoms. The molecule has 2 rings (SSSR count). The predicted molar refractivity (Wildman–Crippen MR) is 88.4 cm³/mol. The number of rotatable bonds is 5. The monoisotopic (exact) mass is 336 g/mol. The lowest BCUT2D eigenvalue weighted by Crippen LogP contribution is -2.37. The summed E-state index contributed by atoms with van der Waals surface area (Å²) in [7, 11) is -3.63. The van der Waals surface area contributed by atoms with Crippen molar-refractivity contribution in [3.05, 3.63) is 59.9 Å². The van der Waals surface area contributed by atoms with Crippen LogP contribution in [0.5, 0.6) is 0 Å². The molecule has 0 atom stereocenters. The van der Waals surface area contributed by atoms with E-state index in [2.05, 4.69) is 5.32 Å². The Morgan fingerprint density at radius 2 is 1.87 bits per heavy atom. The van der Waals surface area contributed by atoms with Crippen LogP contribution >= 0.6 is 0 Å². The zero-order valence-electron chi connectivity index (χ0n) is 12.8. The average molecular weight is 336 g/mol. The number of hydrogen-bond donors (Lipinski definition) is 1. The van der Waals surface area contributed by atoms with Crippen molar-refractivity contribution in [1.29, 1.82) is 0 Å². The van der Waals surface area contributed by atoms with Gasteiger partial charge in [-0.25, -0.2) is 12.8 Å². The highest BCUT2D eigenvalue weighted by molar-refractivity contribution is 7.92. The van der Waals surface area contributed by atoms with E-state index < -0.39 is 28.3 Å². The van der Waals surface area contributed by atoms with E-state index in [1.54, 1.807) is 18.2 Å². The highest BCUT2D eigenvalue weighted by Gasteiger charge is 2.21. The van der Waals surface area contributed by atoms with Gasteiger partial charge in [-0.3, -0.25) is 9.10 Å². The van der Waals surface area contributed by atoms with Gasteiger partial charge in [-0.2, -0.15) is 0 Å². The van der Waals surface area contributed by atoms with E-state index in [9.17, 15) is 17.6 Å². The van der Waals surface area contributed by atoms with Gasteiger partial charge in [-0.15, -0.1) is 0 Å². The van der Waals surface area contributed by atoms with E-state index in [0.29, 0.717) is 5.69 Å². The van der Waals surface area contributed by atoms with E-state index in [4.69, 9.17) is 0 Å². The van der Waals surface area contributed by atoms with Crippen molar-refractivity contribution < 1.29 is 17.6 Å². The smallest absolute Gasteiger partial charge is 0.245 e. The summed E-state index contributed by atoms with van der Waals surface area (Å²) in [6, 6.07) is 12.2. The second-order valence-corrected chi connectivity index (χ2v) is 7.07. The molecule has 1 amide bonds. The number of halogens is 1. The standard InChI is InChI=1S/C16H17FN2O3S/c1-12-5-3-8-15(9-12)19(23(2,21)22)11-16(20)18-14-7-4-6-13(17)10-14/h3-10H,11H2,1-2H3,(H,18,20). The van der Waals surface area contributed by atoms with Crippen LogP contribution < -0.4 is 9.62 Å². The van der Waals surface area contributed by atoms with E-state index in [1.807, 2.05) is 13.0 Å². The van der Waals surface area contributed by atoms with Gasteiger partial charge in [0.2, 0.25) is 15.9 Å². The number of nitrogens with zero attached hydrogens (tertiary/aromatic N) is 1. The molecule has 2 aromatic rings. The number of anilines is 2. The summed E-state index contributed by atoms with van der Waals surface area (Å²) in [5.41, 5.74) is 1.55. The molecule has 0 bridgehead atoms. The minimum Gasteiger partial charge on any atom is -0.324 e. The molecule has 0 aromatic heterocycles. The van der Waals surface area contributed by atoms with Crippen molar-refractivity contribution in [3.63, 3.8) is 0 Å². The molecule has 0 unspecified atom stereocenters. The zero-order chi connectivity index (χ0) is 17.0. The molecule has 0 aliphatic rings. The Balaban J connectivity index is 2.20. The van der Waals surface area contributed by atoms with E-state index >= 15 is 0 Å². The summed E-state index contributed by atoms with van der Waals surface area (Å²) in [5, 5.41) is 2.48. The Labute approximate surface area is 134 Å². The molecular weight excluding hydrogens is 319 g/mol. The molecule has 0 spiro atoms. The van der Waals surface area contributed by atoms with Gasteiger partial charge in [-0.1, -0.05) is 18.2 Å². The van der Waals surface area contributed by atoms with Gasteiger partial charge in [0.1, 0.15) is 12.4 Å². The molecule has 0 aliphatic carbocycles. The maximum Gasteiger partial charge on any atom is 0.245 e. The van der Waals surface area contributed by atoms with Crippen molar-refractivity contribution in [3.8, 4) is 0 Å². The van der Waals surface area contributed by atoms with Crippen LogP contribution in [0, 0.1) is 12.7 Å². The van der Waals surface area contributed by atoms with Gasteiger partial charge in [0.05, 0.1) is 11.9 Å². The number of nitrogens with one attached hydrogen (secondary N) is 1. The number of sulfonamides is 1. The molecule has 0 heterocycles. The first-order valence-electron chi connectivity index (χ1n) is 6.85. The molecule has 5 nitrogen and oxygen atoms in total. The normalized spacial score (nSPS) is 11.1. The Hall–Kier alpha value is -2.41. The Morgan fingerprint density at radius 1 is 1.17 bits per heavy atom. The highest BCUT2D eigenvalue weighted by Crippen LogP contribution is 2.19. The third-order valence-corrected chi connectivity index (χ3v) is 4.23. The van der Waals surface area contributed by atoms with Crippen LogP contribution in [0.15, 0.2) is 48.5 Å². The van der Waals surface area contributed by atoms with Crippen LogP contribution in [0.4, 0.5) is 15.8 Å². The number of benzene rings is 2. The lowest BCUT2D eigenvalue weighted by atomic mass is 10.2. The van der Waals surface area contributed by atoms with E-state index in [1.165, 1.54) is 18.2 Å². The molecule has 0 fully saturated rings. The lowest BCUT2D eigenvalue weighted by Gasteiger charge is -2.22. The number of carbonyl (C=O) groups excluding carboxylic acids is 1. The SMILES string of the molecule is Cc1cccc(N(CC(=O)Nc2cccc(F)c2)S(C)(=O)=O)c1. The van der Waals surface area contributed by atoms with Crippen LogP contribution in [-0.2, 0) is 14.8 Å². The first-order chi connectivity index (χ1) is 10.8. The first-order valence-corrected chi connectivity index (χ1v) is 8.70. The maximum atomic E-state index is 13.1. The van der Waals surface area contributed by atoms with Crippen LogP contribution in [0.1, 0.15) is 5.56 Å².